The van der Waals surface area contributed by atoms with E-state index >= 15 is 0 Å². The Kier molecular flexibility index (Phi) is 5.37. The van der Waals surface area contributed by atoms with Gasteiger partial charge in [-0.15, -0.1) is 0 Å². The topological polar surface area (TPSA) is 71.3 Å². The molecule has 0 spiro atoms. The third-order valence-electron chi connectivity index (χ3n) is 4.18. The molecule has 0 radical (unpaired) electrons. The summed E-state index contributed by atoms with van der Waals surface area (Å²) in [5.41, 5.74) is 3.10. The number of carbonyl (C=O) groups excluding carboxylic acids is 1. The number of benzene rings is 2. The molecule has 0 unspecified atom stereocenters. The lowest BCUT2D eigenvalue weighted by Crippen LogP contribution is -2.36. The molecule has 0 aliphatic rings. The van der Waals surface area contributed by atoms with Gasteiger partial charge in [-0.2, -0.15) is 0 Å². The fraction of sp³-hybridized carbons (Fsp3) is 0.190. The molecule has 2 aromatic carbocycles. The minimum Gasteiger partial charge on any atom is -0.422 e. The molecule has 138 valence electrons. The second kappa shape index (κ2) is 7.72. The van der Waals surface area contributed by atoms with E-state index in [9.17, 15) is 9.59 Å². The molecule has 0 aliphatic heterocycles. The van der Waals surface area contributed by atoms with Crippen LogP contribution in [-0.2, 0) is 4.79 Å². The van der Waals surface area contributed by atoms with Crippen molar-refractivity contribution in [3.63, 3.8) is 0 Å². The van der Waals surface area contributed by atoms with Crippen molar-refractivity contribution >= 4 is 39.9 Å². The highest BCUT2D eigenvalue weighted by molar-refractivity contribution is 7.80. The van der Waals surface area contributed by atoms with Crippen molar-refractivity contribution in [1.82, 2.24) is 5.32 Å². The van der Waals surface area contributed by atoms with Gasteiger partial charge in [-0.1, -0.05) is 38.1 Å². The van der Waals surface area contributed by atoms with E-state index in [-0.39, 0.29) is 22.6 Å². The summed E-state index contributed by atoms with van der Waals surface area (Å²) in [7, 11) is 0. The van der Waals surface area contributed by atoms with Crippen molar-refractivity contribution in [2.45, 2.75) is 20.8 Å². The minimum absolute atomic E-state index is 0.144. The molecule has 0 saturated heterocycles. The molecule has 1 amide bonds. The van der Waals surface area contributed by atoms with Gasteiger partial charge in [-0.05, 0) is 54.5 Å². The Labute approximate surface area is 162 Å². The third kappa shape index (κ3) is 4.23. The maximum Gasteiger partial charge on any atom is 0.344 e. The van der Waals surface area contributed by atoms with Gasteiger partial charge < -0.3 is 15.1 Å². The van der Waals surface area contributed by atoms with Gasteiger partial charge in [0.15, 0.2) is 5.11 Å². The van der Waals surface area contributed by atoms with Crippen molar-refractivity contribution in [3.05, 3.63) is 64.5 Å². The molecular formula is C21H20N2O3S. The smallest absolute Gasteiger partial charge is 0.344 e. The second-order valence-electron chi connectivity index (χ2n) is 6.61. The summed E-state index contributed by atoms with van der Waals surface area (Å²) in [6.45, 7) is 5.50. The first kappa shape index (κ1) is 18.8. The number of hydrogen-bond donors (Lipinski definition) is 2. The summed E-state index contributed by atoms with van der Waals surface area (Å²) in [4.78, 5) is 24.1. The molecule has 0 saturated carbocycles. The molecule has 2 N–H and O–H groups in total. The van der Waals surface area contributed by atoms with Crippen molar-refractivity contribution in [1.29, 1.82) is 0 Å². The number of aryl methyl sites for hydroxylation is 1. The number of fused-ring (bicyclic) bond motifs is 1. The standard InChI is InChI=1S/C21H20N2O3S/c1-12(2)19(24)23-21(27)22-15-8-9-16(13(3)10-15)17-11-14-6-4-5-7-18(14)26-20(17)25/h4-12H,1-3H3,(H2,22,23,24,27). The fourth-order valence-electron chi connectivity index (χ4n) is 2.71. The normalized spacial score (nSPS) is 10.8. The van der Waals surface area contributed by atoms with E-state index in [1.165, 1.54) is 0 Å². The lowest BCUT2D eigenvalue weighted by molar-refractivity contribution is -0.122. The molecule has 5 nitrogen and oxygen atoms in total. The van der Waals surface area contributed by atoms with E-state index < -0.39 is 0 Å². The molecule has 3 aromatic rings. The minimum atomic E-state index is -0.378. The summed E-state index contributed by atoms with van der Waals surface area (Å²) in [5.74, 6) is -0.296. The highest BCUT2D eigenvalue weighted by atomic mass is 32.1. The predicted octanol–water partition coefficient (Wildman–Crippen LogP) is 4.24. The Morgan fingerprint density at radius 2 is 1.81 bits per heavy atom. The van der Waals surface area contributed by atoms with Crippen LogP contribution in [0.1, 0.15) is 19.4 Å². The Morgan fingerprint density at radius 3 is 2.52 bits per heavy atom. The van der Waals surface area contributed by atoms with Crippen LogP contribution in [0.15, 0.2) is 57.7 Å². The van der Waals surface area contributed by atoms with Crippen LogP contribution in [0.25, 0.3) is 22.1 Å². The Bertz CT molecular complexity index is 1090. The SMILES string of the molecule is Cc1cc(NC(=S)NC(=O)C(C)C)ccc1-c1cc2ccccc2oc1=O. The third-order valence-corrected chi connectivity index (χ3v) is 4.38. The van der Waals surface area contributed by atoms with Crippen molar-refractivity contribution in [2.24, 2.45) is 5.92 Å². The first-order valence-corrected chi connectivity index (χ1v) is 9.01. The van der Waals surface area contributed by atoms with Gasteiger partial charge in [-0.3, -0.25) is 4.79 Å². The maximum absolute atomic E-state index is 12.4. The van der Waals surface area contributed by atoms with Gasteiger partial charge in [0.05, 0.1) is 5.56 Å². The zero-order valence-corrected chi connectivity index (χ0v) is 16.1. The quantitative estimate of drug-likeness (QED) is 0.525. The Hall–Kier alpha value is -2.99. The molecule has 27 heavy (non-hydrogen) atoms. The van der Waals surface area contributed by atoms with Crippen LogP contribution in [-0.4, -0.2) is 11.0 Å². The van der Waals surface area contributed by atoms with E-state index in [1.807, 2.05) is 49.4 Å². The number of carbonyl (C=O) groups is 1. The molecule has 3 rings (SSSR count). The van der Waals surface area contributed by atoms with Crippen molar-refractivity contribution < 1.29 is 9.21 Å². The number of anilines is 1. The van der Waals surface area contributed by atoms with Gasteiger partial charge in [0, 0.05) is 17.0 Å². The van der Waals surface area contributed by atoms with Gasteiger partial charge in [0.1, 0.15) is 5.58 Å². The summed E-state index contributed by atoms with van der Waals surface area (Å²) in [5, 5.41) is 6.74. The molecule has 1 heterocycles. The van der Waals surface area contributed by atoms with E-state index in [0.29, 0.717) is 11.1 Å². The van der Waals surface area contributed by atoms with Crippen molar-refractivity contribution in [3.8, 4) is 11.1 Å². The van der Waals surface area contributed by atoms with Crippen LogP contribution in [0.4, 0.5) is 5.69 Å². The highest BCUT2D eigenvalue weighted by Gasteiger charge is 2.12. The predicted molar refractivity (Wildman–Crippen MR) is 112 cm³/mol. The molecule has 1 aromatic heterocycles. The average molecular weight is 380 g/mol. The highest BCUT2D eigenvalue weighted by Crippen LogP contribution is 2.26. The Balaban J connectivity index is 1.87. The first-order chi connectivity index (χ1) is 12.8. The maximum atomic E-state index is 12.4. The van der Waals surface area contributed by atoms with Crippen LogP contribution in [0, 0.1) is 12.8 Å². The van der Waals surface area contributed by atoms with Gasteiger partial charge >= 0.3 is 5.63 Å². The van der Waals surface area contributed by atoms with E-state index in [2.05, 4.69) is 10.6 Å². The molecule has 0 bridgehead atoms. The summed E-state index contributed by atoms with van der Waals surface area (Å²) < 4.78 is 5.42. The first-order valence-electron chi connectivity index (χ1n) is 8.61. The number of amides is 1. The number of nitrogens with one attached hydrogen (secondary N) is 2. The van der Waals surface area contributed by atoms with E-state index in [4.69, 9.17) is 16.6 Å². The lowest BCUT2D eigenvalue weighted by Gasteiger charge is -2.13. The lowest BCUT2D eigenvalue weighted by atomic mass is 10.0. The van der Waals surface area contributed by atoms with Gasteiger partial charge in [0.25, 0.3) is 0 Å². The number of thiocarbonyl (C=S) groups is 1. The monoisotopic (exact) mass is 380 g/mol. The molecule has 0 atom stereocenters. The largest absolute Gasteiger partial charge is 0.422 e. The van der Waals surface area contributed by atoms with Crippen LogP contribution >= 0.6 is 12.2 Å². The molecule has 0 fully saturated rings. The zero-order valence-electron chi connectivity index (χ0n) is 15.3. The van der Waals surface area contributed by atoms with Crippen LogP contribution < -0.4 is 16.3 Å². The van der Waals surface area contributed by atoms with Gasteiger partial charge in [-0.25, -0.2) is 4.79 Å². The van der Waals surface area contributed by atoms with E-state index in [0.717, 1.165) is 22.2 Å². The number of rotatable bonds is 3. The summed E-state index contributed by atoms with van der Waals surface area (Å²) in [6.07, 6.45) is 0. The number of para-hydroxylation sites is 1. The Morgan fingerprint density at radius 1 is 1.07 bits per heavy atom. The fourth-order valence-corrected chi connectivity index (χ4v) is 2.93. The van der Waals surface area contributed by atoms with Crippen LogP contribution in [0.3, 0.4) is 0 Å². The zero-order chi connectivity index (χ0) is 19.6. The van der Waals surface area contributed by atoms with Gasteiger partial charge in [0.2, 0.25) is 5.91 Å². The molecule has 0 aliphatic carbocycles. The molecular weight excluding hydrogens is 360 g/mol. The van der Waals surface area contributed by atoms with Crippen molar-refractivity contribution in [2.75, 3.05) is 5.32 Å². The average Bonchev–Trinajstić information content (AvgIpc) is 2.61. The summed E-state index contributed by atoms with van der Waals surface area (Å²) in [6, 6.07) is 14.8. The van der Waals surface area contributed by atoms with Crippen LogP contribution in [0.2, 0.25) is 0 Å². The van der Waals surface area contributed by atoms with E-state index in [1.54, 1.807) is 19.9 Å². The molecule has 6 heteroatoms. The number of hydrogen-bond acceptors (Lipinski definition) is 4. The van der Waals surface area contributed by atoms with Crippen LogP contribution in [0.5, 0.6) is 0 Å². The summed E-state index contributed by atoms with van der Waals surface area (Å²) >= 11 is 5.17. The second-order valence-corrected chi connectivity index (χ2v) is 7.02.